The summed E-state index contributed by atoms with van der Waals surface area (Å²) in [5.41, 5.74) is 9.13. The van der Waals surface area contributed by atoms with Crippen molar-refractivity contribution in [2.45, 2.75) is 52.9 Å². The first kappa shape index (κ1) is 20.4. The molecule has 0 aliphatic rings. The molecule has 0 N–H and O–H groups in total. The minimum atomic E-state index is 0.147. The van der Waals surface area contributed by atoms with Crippen LogP contribution in [0.5, 0.6) is 0 Å². The third-order valence-electron chi connectivity index (χ3n) is 6.16. The molecule has 0 saturated carbocycles. The Bertz CT molecular complexity index is 1200. The summed E-state index contributed by atoms with van der Waals surface area (Å²) < 4.78 is 4.73. The third kappa shape index (κ3) is 3.45. The van der Waals surface area contributed by atoms with Crippen LogP contribution in [0.4, 0.5) is 0 Å². The van der Waals surface area contributed by atoms with Crippen LogP contribution in [0.15, 0.2) is 66.7 Å². The molecule has 0 bridgehead atoms. The summed E-state index contributed by atoms with van der Waals surface area (Å²) >= 11 is 0. The Morgan fingerprint density at radius 2 is 1.53 bits per heavy atom. The van der Waals surface area contributed by atoms with Gasteiger partial charge in [0.15, 0.2) is 11.0 Å². The molecule has 2 nitrogen and oxygen atoms in total. The fourth-order valence-electron chi connectivity index (χ4n) is 4.28. The predicted octanol–water partition coefficient (Wildman–Crippen LogP) is 6.85. The zero-order chi connectivity index (χ0) is 21.6. The first-order chi connectivity index (χ1) is 14.2. The predicted molar refractivity (Wildman–Crippen MR) is 127 cm³/mol. The van der Waals surface area contributed by atoms with Crippen LogP contribution < -0.4 is 4.57 Å². The Kier molecular flexibility index (Phi) is 5.05. The summed E-state index contributed by atoms with van der Waals surface area (Å²) in [6.07, 6.45) is 0. The van der Waals surface area contributed by atoms with Crippen LogP contribution >= 0.6 is 0 Å². The number of imidazole rings is 1. The van der Waals surface area contributed by atoms with Crippen molar-refractivity contribution < 1.29 is 4.57 Å². The van der Waals surface area contributed by atoms with E-state index < -0.39 is 0 Å². The molecular weight excluding hydrogens is 364 g/mol. The normalized spacial score (nSPS) is 12.1. The molecule has 0 radical (unpaired) electrons. The standard InChI is InChI=1S/C28H33N2/c1-19(2)21-12-17-24(20(3)18-21)27-29(7)25-10-8-9-11-26(25)30(27)23-15-13-22(14-16-23)28(4,5)6/h8-19H,1-7H3/q+1. The highest BCUT2D eigenvalue weighted by atomic mass is 15.2. The van der Waals surface area contributed by atoms with Gasteiger partial charge in [-0.3, -0.25) is 0 Å². The van der Waals surface area contributed by atoms with Gasteiger partial charge in [-0.15, -0.1) is 0 Å². The van der Waals surface area contributed by atoms with E-state index in [1.807, 2.05) is 0 Å². The molecule has 2 heteroatoms. The molecule has 0 aliphatic heterocycles. The van der Waals surface area contributed by atoms with E-state index in [9.17, 15) is 0 Å². The SMILES string of the molecule is Cc1cc(C(C)C)ccc1-c1n(-c2ccc(C(C)(C)C)cc2)c2ccccc2[n+]1C. The van der Waals surface area contributed by atoms with E-state index in [4.69, 9.17) is 0 Å². The van der Waals surface area contributed by atoms with Crippen LogP contribution in [0.2, 0.25) is 0 Å². The highest BCUT2D eigenvalue weighted by Gasteiger charge is 2.27. The van der Waals surface area contributed by atoms with Gasteiger partial charge in [-0.05, 0) is 65.3 Å². The van der Waals surface area contributed by atoms with Gasteiger partial charge in [0.25, 0.3) is 5.82 Å². The number of aromatic nitrogens is 2. The van der Waals surface area contributed by atoms with Crippen molar-refractivity contribution in [3.63, 3.8) is 0 Å². The number of para-hydroxylation sites is 2. The van der Waals surface area contributed by atoms with E-state index in [1.165, 1.54) is 44.8 Å². The largest absolute Gasteiger partial charge is 0.295 e. The van der Waals surface area contributed by atoms with Gasteiger partial charge >= 0.3 is 0 Å². The summed E-state index contributed by atoms with van der Waals surface area (Å²) in [5.74, 6) is 1.75. The van der Waals surface area contributed by atoms with Crippen molar-refractivity contribution in [2.24, 2.45) is 7.05 Å². The first-order valence-electron chi connectivity index (χ1n) is 10.9. The van der Waals surface area contributed by atoms with Gasteiger partial charge < -0.3 is 0 Å². The molecule has 30 heavy (non-hydrogen) atoms. The summed E-state index contributed by atoms with van der Waals surface area (Å²) in [5, 5.41) is 0. The Morgan fingerprint density at radius 3 is 2.13 bits per heavy atom. The maximum Gasteiger partial charge on any atom is 0.295 e. The van der Waals surface area contributed by atoms with E-state index in [1.54, 1.807) is 0 Å². The van der Waals surface area contributed by atoms with Crippen molar-refractivity contribution in [2.75, 3.05) is 0 Å². The van der Waals surface area contributed by atoms with Crippen LogP contribution in [0.3, 0.4) is 0 Å². The summed E-state index contributed by atoms with van der Waals surface area (Å²) in [7, 11) is 2.17. The van der Waals surface area contributed by atoms with Crippen LogP contribution in [0.25, 0.3) is 28.1 Å². The molecule has 1 heterocycles. The van der Waals surface area contributed by atoms with Crippen LogP contribution in [-0.4, -0.2) is 4.57 Å². The number of fused-ring (bicyclic) bond motifs is 1. The lowest BCUT2D eigenvalue weighted by molar-refractivity contribution is -0.633. The summed E-state index contributed by atoms with van der Waals surface area (Å²) in [6.45, 7) is 13.5. The number of benzene rings is 3. The van der Waals surface area contributed by atoms with Gasteiger partial charge in [0, 0.05) is 0 Å². The molecule has 1 aromatic heterocycles. The Labute approximate surface area is 180 Å². The van der Waals surface area contributed by atoms with Gasteiger partial charge in [-0.25, -0.2) is 4.57 Å². The molecule has 0 unspecified atom stereocenters. The van der Waals surface area contributed by atoms with Gasteiger partial charge in [-0.1, -0.05) is 71.0 Å². The fourth-order valence-corrected chi connectivity index (χ4v) is 4.28. The lowest BCUT2D eigenvalue weighted by Crippen LogP contribution is -2.30. The summed E-state index contributed by atoms with van der Waals surface area (Å²) in [6, 6.07) is 24.6. The third-order valence-corrected chi connectivity index (χ3v) is 6.16. The van der Waals surface area contributed by atoms with Crippen molar-refractivity contribution in [3.8, 4) is 17.1 Å². The van der Waals surface area contributed by atoms with Crippen LogP contribution in [0, 0.1) is 6.92 Å². The number of rotatable bonds is 3. The lowest BCUT2D eigenvalue weighted by Gasteiger charge is -2.19. The molecule has 3 aromatic carbocycles. The molecule has 154 valence electrons. The molecule has 0 fully saturated rings. The highest BCUT2D eigenvalue weighted by molar-refractivity contribution is 5.79. The topological polar surface area (TPSA) is 8.81 Å². The zero-order valence-electron chi connectivity index (χ0n) is 19.3. The fraction of sp³-hybridized carbons (Fsp3) is 0.321. The van der Waals surface area contributed by atoms with Crippen LogP contribution in [0.1, 0.15) is 57.2 Å². The molecule has 0 aliphatic carbocycles. The summed E-state index contributed by atoms with van der Waals surface area (Å²) in [4.78, 5) is 0. The van der Waals surface area contributed by atoms with Gasteiger partial charge in [0.2, 0.25) is 0 Å². The highest BCUT2D eigenvalue weighted by Crippen LogP contribution is 2.31. The lowest BCUT2D eigenvalue weighted by atomic mass is 9.87. The molecule has 0 saturated heterocycles. The second-order valence-electron chi connectivity index (χ2n) is 9.73. The maximum absolute atomic E-state index is 2.40. The second kappa shape index (κ2) is 7.43. The number of hydrogen-bond acceptors (Lipinski definition) is 0. The minimum absolute atomic E-state index is 0.147. The van der Waals surface area contributed by atoms with E-state index in [2.05, 4.69) is 124 Å². The monoisotopic (exact) mass is 397 g/mol. The quantitative estimate of drug-likeness (QED) is 0.334. The van der Waals surface area contributed by atoms with Crippen molar-refractivity contribution in [1.82, 2.24) is 4.57 Å². The maximum atomic E-state index is 2.40. The molecule has 4 rings (SSSR count). The molecule has 4 aromatic rings. The van der Waals surface area contributed by atoms with E-state index >= 15 is 0 Å². The molecule has 0 amide bonds. The smallest absolute Gasteiger partial charge is 0.225 e. The average Bonchev–Trinajstić information content (AvgIpc) is 3.00. The second-order valence-corrected chi connectivity index (χ2v) is 9.73. The first-order valence-corrected chi connectivity index (χ1v) is 10.9. The van der Waals surface area contributed by atoms with Gasteiger partial charge in [0.1, 0.15) is 5.69 Å². The van der Waals surface area contributed by atoms with Gasteiger partial charge in [-0.2, -0.15) is 4.57 Å². The Balaban J connectivity index is 1.99. The van der Waals surface area contributed by atoms with Crippen molar-refractivity contribution in [3.05, 3.63) is 83.4 Å². The van der Waals surface area contributed by atoms with Gasteiger partial charge in [0.05, 0.1) is 12.6 Å². The molecular formula is C28H33N2+. The van der Waals surface area contributed by atoms with E-state index in [-0.39, 0.29) is 5.41 Å². The van der Waals surface area contributed by atoms with Crippen LogP contribution in [-0.2, 0) is 12.5 Å². The number of hydrogen-bond donors (Lipinski definition) is 0. The van der Waals surface area contributed by atoms with E-state index in [0.717, 1.165) is 0 Å². The Hall–Kier alpha value is -2.87. The molecule has 0 spiro atoms. The minimum Gasteiger partial charge on any atom is -0.225 e. The number of aryl methyl sites for hydroxylation is 2. The van der Waals surface area contributed by atoms with Crippen molar-refractivity contribution >= 4 is 11.0 Å². The Morgan fingerprint density at radius 1 is 0.867 bits per heavy atom. The number of nitrogens with zero attached hydrogens (tertiary/aromatic N) is 2. The zero-order valence-corrected chi connectivity index (χ0v) is 19.3. The molecule has 0 atom stereocenters. The average molecular weight is 398 g/mol. The van der Waals surface area contributed by atoms with Crippen molar-refractivity contribution in [1.29, 1.82) is 0 Å². The van der Waals surface area contributed by atoms with E-state index in [0.29, 0.717) is 5.92 Å².